The summed E-state index contributed by atoms with van der Waals surface area (Å²) in [7, 11) is 0. The van der Waals surface area contributed by atoms with E-state index in [4.69, 9.17) is 4.42 Å². The molecule has 0 atom stereocenters. The topological polar surface area (TPSA) is 80.9 Å². The lowest BCUT2D eigenvalue weighted by atomic mass is 9.98. The van der Waals surface area contributed by atoms with Gasteiger partial charge in [0, 0.05) is 29.5 Å². The number of nitrogens with zero attached hydrogens (tertiary/aromatic N) is 3. The number of rotatable bonds is 7. The van der Waals surface area contributed by atoms with Crippen LogP contribution in [0.5, 0.6) is 0 Å². The molecule has 0 spiro atoms. The van der Waals surface area contributed by atoms with Crippen molar-refractivity contribution in [2.75, 3.05) is 0 Å². The molecule has 1 saturated carbocycles. The van der Waals surface area contributed by atoms with Gasteiger partial charge in [0.2, 0.25) is 17.7 Å². The molecule has 0 aliphatic heterocycles. The normalized spacial score (nSPS) is 15.6. The van der Waals surface area contributed by atoms with Gasteiger partial charge in [0.1, 0.15) is 5.01 Å². The molecule has 2 aromatic heterocycles. The second-order valence-electron chi connectivity index (χ2n) is 7.35. The summed E-state index contributed by atoms with van der Waals surface area (Å²) in [6.07, 6.45) is 5.90. The molecule has 6 nitrogen and oxygen atoms in total. The molecule has 2 heterocycles. The fourth-order valence-electron chi connectivity index (χ4n) is 3.73. The summed E-state index contributed by atoms with van der Waals surface area (Å²) in [6, 6.07) is 9.69. The first-order chi connectivity index (χ1) is 13.6. The van der Waals surface area contributed by atoms with Crippen LogP contribution in [0.25, 0.3) is 11.5 Å². The van der Waals surface area contributed by atoms with Crippen molar-refractivity contribution in [3.05, 3.63) is 52.3 Å². The van der Waals surface area contributed by atoms with E-state index in [0.29, 0.717) is 31.0 Å². The minimum absolute atomic E-state index is 0.0672. The first-order valence-corrected chi connectivity index (χ1v) is 10.6. The van der Waals surface area contributed by atoms with Gasteiger partial charge < -0.3 is 9.73 Å². The first kappa shape index (κ1) is 18.8. The molecule has 28 heavy (non-hydrogen) atoms. The first-order valence-electron chi connectivity index (χ1n) is 9.76. The van der Waals surface area contributed by atoms with Gasteiger partial charge in [-0.2, -0.15) is 0 Å². The van der Waals surface area contributed by atoms with E-state index < -0.39 is 0 Å². The Bertz CT molecular complexity index is 929. The smallest absolute Gasteiger partial charge is 0.247 e. The highest BCUT2D eigenvalue weighted by atomic mass is 32.1. The van der Waals surface area contributed by atoms with Crippen LogP contribution in [0.2, 0.25) is 0 Å². The Balaban J connectivity index is 1.32. The highest BCUT2D eigenvalue weighted by Gasteiger charge is 2.39. The molecule has 0 radical (unpaired) electrons. The van der Waals surface area contributed by atoms with Crippen molar-refractivity contribution in [1.82, 2.24) is 20.5 Å². The van der Waals surface area contributed by atoms with Crippen LogP contribution in [0.1, 0.15) is 55.1 Å². The number of aromatic nitrogens is 3. The fourth-order valence-corrected chi connectivity index (χ4v) is 4.74. The molecule has 0 bridgehead atoms. The van der Waals surface area contributed by atoms with E-state index in [2.05, 4.69) is 25.9 Å². The average molecular weight is 397 g/mol. The van der Waals surface area contributed by atoms with E-state index in [1.807, 2.05) is 37.3 Å². The largest absolute Gasteiger partial charge is 0.421 e. The number of nitrogens with one attached hydrogen (secondary N) is 1. The number of benzene rings is 1. The predicted octanol–water partition coefficient (Wildman–Crippen LogP) is 4.41. The predicted molar refractivity (Wildman–Crippen MR) is 108 cm³/mol. The SMILES string of the molecule is Cc1csc(C2(NC(=O)CCCc3nnc(-c4ccccc4)o3)CCCC2)n1. The van der Waals surface area contributed by atoms with Crippen molar-refractivity contribution in [1.29, 1.82) is 0 Å². The summed E-state index contributed by atoms with van der Waals surface area (Å²) in [4.78, 5) is 17.2. The molecule has 1 aliphatic rings. The molecule has 1 aromatic carbocycles. The molecule has 4 rings (SSSR count). The van der Waals surface area contributed by atoms with Gasteiger partial charge >= 0.3 is 0 Å². The molecule has 1 fully saturated rings. The molecule has 1 aliphatic carbocycles. The van der Waals surface area contributed by atoms with Crippen LogP contribution >= 0.6 is 11.3 Å². The summed E-state index contributed by atoms with van der Waals surface area (Å²) in [5.41, 5.74) is 1.65. The monoisotopic (exact) mass is 396 g/mol. The second kappa shape index (κ2) is 8.22. The second-order valence-corrected chi connectivity index (χ2v) is 8.21. The van der Waals surface area contributed by atoms with Crippen LogP contribution in [0.3, 0.4) is 0 Å². The highest BCUT2D eigenvalue weighted by molar-refractivity contribution is 7.09. The van der Waals surface area contributed by atoms with Gasteiger partial charge in [0.15, 0.2) is 0 Å². The average Bonchev–Trinajstić information content (AvgIpc) is 3.44. The molecule has 7 heteroatoms. The third-order valence-corrected chi connectivity index (χ3v) is 6.31. The van der Waals surface area contributed by atoms with E-state index in [1.54, 1.807) is 11.3 Å². The molecule has 0 unspecified atom stereocenters. The fraction of sp³-hybridized carbons (Fsp3) is 0.429. The molecule has 146 valence electrons. The maximum atomic E-state index is 12.6. The van der Waals surface area contributed by atoms with Gasteiger partial charge in [-0.15, -0.1) is 21.5 Å². The Labute approximate surface area is 168 Å². The molecular formula is C21H24N4O2S. The Morgan fingerprint density at radius 3 is 2.71 bits per heavy atom. The van der Waals surface area contributed by atoms with Gasteiger partial charge in [-0.25, -0.2) is 4.98 Å². The van der Waals surface area contributed by atoms with Crippen molar-refractivity contribution >= 4 is 17.2 Å². The van der Waals surface area contributed by atoms with Crippen molar-refractivity contribution in [2.45, 2.75) is 57.4 Å². The van der Waals surface area contributed by atoms with E-state index in [1.165, 1.54) is 0 Å². The Morgan fingerprint density at radius 1 is 1.21 bits per heavy atom. The Morgan fingerprint density at radius 2 is 2.00 bits per heavy atom. The van der Waals surface area contributed by atoms with Crippen LogP contribution in [0.4, 0.5) is 0 Å². The quantitative estimate of drug-likeness (QED) is 0.640. The number of hydrogen-bond acceptors (Lipinski definition) is 6. The van der Waals surface area contributed by atoms with Crippen LogP contribution in [0.15, 0.2) is 40.1 Å². The molecular weight excluding hydrogens is 372 g/mol. The van der Waals surface area contributed by atoms with Crippen LogP contribution in [-0.4, -0.2) is 21.1 Å². The summed E-state index contributed by atoms with van der Waals surface area (Å²) >= 11 is 1.65. The lowest BCUT2D eigenvalue weighted by molar-refractivity contribution is -0.123. The summed E-state index contributed by atoms with van der Waals surface area (Å²) in [6.45, 7) is 2.00. The zero-order valence-electron chi connectivity index (χ0n) is 16.0. The minimum Gasteiger partial charge on any atom is -0.421 e. The molecule has 3 aromatic rings. The molecule has 1 amide bonds. The highest BCUT2D eigenvalue weighted by Crippen LogP contribution is 2.40. The van der Waals surface area contributed by atoms with Gasteiger partial charge in [-0.1, -0.05) is 31.0 Å². The number of hydrogen-bond donors (Lipinski definition) is 1. The lowest BCUT2D eigenvalue weighted by Gasteiger charge is -2.28. The van der Waals surface area contributed by atoms with E-state index in [-0.39, 0.29) is 11.4 Å². The van der Waals surface area contributed by atoms with E-state index >= 15 is 0 Å². The minimum atomic E-state index is -0.277. The standard InChI is InChI=1S/C21H24N4O2S/c1-15-14-28-20(22-15)21(12-5-6-13-21)23-17(26)10-7-11-18-24-25-19(27-18)16-8-3-2-4-9-16/h2-4,8-9,14H,5-7,10-13H2,1H3,(H,23,26). The maximum Gasteiger partial charge on any atom is 0.247 e. The Hall–Kier alpha value is -2.54. The van der Waals surface area contributed by atoms with Gasteiger partial charge in [0.25, 0.3) is 0 Å². The van der Waals surface area contributed by atoms with Crippen molar-refractivity contribution in [3.8, 4) is 11.5 Å². The third-order valence-electron chi connectivity index (χ3n) is 5.15. The Kier molecular flexibility index (Phi) is 5.52. The summed E-state index contributed by atoms with van der Waals surface area (Å²) in [5.74, 6) is 1.15. The number of carbonyl (C=O) groups is 1. The number of amides is 1. The third kappa shape index (κ3) is 4.14. The zero-order valence-corrected chi connectivity index (χ0v) is 16.8. The van der Waals surface area contributed by atoms with Gasteiger partial charge in [-0.3, -0.25) is 4.79 Å². The summed E-state index contributed by atoms with van der Waals surface area (Å²) < 4.78 is 5.71. The van der Waals surface area contributed by atoms with Gasteiger partial charge in [0.05, 0.1) is 5.54 Å². The van der Waals surface area contributed by atoms with E-state index in [9.17, 15) is 4.79 Å². The summed E-state index contributed by atoms with van der Waals surface area (Å²) in [5, 5.41) is 14.6. The van der Waals surface area contributed by atoms with Crippen LogP contribution in [0, 0.1) is 6.92 Å². The number of thiazole rings is 1. The molecule has 1 N–H and O–H groups in total. The van der Waals surface area contributed by atoms with Gasteiger partial charge in [-0.05, 0) is 38.3 Å². The van der Waals surface area contributed by atoms with E-state index in [0.717, 1.165) is 41.9 Å². The maximum absolute atomic E-state index is 12.6. The van der Waals surface area contributed by atoms with Crippen molar-refractivity contribution in [2.24, 2.45) is 0 Å². The molecule has 0 saturated heterocycles. The van der Waals surface area contributed by atoms with Crippen molar-refractivity contribution < 1.29 is 9.21 Å². The van der Waals surface area contributed by atoms with Crippen molar-refractivity contribution in [3.63, 3.8) is 0 Å². The number of aryl methyl sites for hydroxylation is 2. The van der Waals surface area contributed by atoms with Crippen LogP contribution in [-0.2, 0) is 16.8 Å². The van der Waals surface area contributed by atoms with Crippen LogP contribution < -0.4 is 5.32 Å². The lowest BCUT2D eigenvalue weighted by Crippen LogP contribution is -2.43. The number of carbonyl (C=O) groups excluding carboxylic acids is 1. The zero-order chi connectivity index (χ0) is 19.4.